The van der Waals surface area contributed by atoms with Crippen molar-refractivity contribution in [3.63, 3.8) is 0 Å². The maximum Gasteiger partial charge on any atom is 0.232 e. The molecule has 0 saturated carbocycles. The molecule has 0 aliphatic carbocycles. The van der Waals surface area contributed by atoms with Crippen LogP contribution >= 0.6 is 0 Å². The van der Waals surface area contributed by atoms with E-state index in [1.807, 2.05) is 0 Å². The van der Waals surface area contributed by atoms with Gasteiger partial charge < -0.3 is 4.52 Å². The van der Waals surface area contributed by atoms with E-state index in [0.29, 0.717) is 17.4 Å². The number of hydrogen-bond acceptors (Lipinski definition) is 6. The summed E-state index contributed by atoms with van der Waals surface area (Å²) in [7, 11) is 0. The maximum absolute atomic E-state index is 5.44. The largest absolute Gasteiger partial charge is 0.339 e. The molecule has 6 nitrogen and oxygen atoms in total. The van der Waals surface area contributed by atoms with Crippen molar-refractivity contribution in [2.24, 2.45) is 0 Å². The van der Waals surface area contributed by atoms with Gasteiger partial charge in [-0.25, -0.2) is 4.98 Å². The van der Waals surface area contributed by atoms with Crippen molar-refractivity contribution in [1.82, 2.24) is 25.0 Å². The van der Waals surface area contributed by atoms with E-state index in [0.717, 1.165) is 19.6 Å². The number of aromatic nitrogens is 4. The second-order valence-electron chi connectivity index (χ2n) is 6.58. The molecule has 1 saturated heterocycles. The van der Waals surface area contributed by atoms with Crippen molar-refractivity contribution in [3.05, 3.63) is 72.5 Å². The summed E-state index contributed by atoms with van der Waals surface area (Å²) in [5, 5.41) is 6.64. The summed E-state index contributed by atoms with van der Waals surface area (Å²) < 4.78 is 5.44. The standard InChI is InChI=1S/C20H17N5O/c1-2-7-17-14(4-1)5-3-6-15(17)11-25-12-16(13-25)20-23-19(24-26-20)18-10-21-8-9-22-18/h1-10,16H,11-13H2. The van der Waals surface area contributed by atoms with E-state index in [4.69, 9.17) is 4.52 Å². The van der Waals surface area contributed by atoms with Crippen LogP contribution in [0.15, 0.2) is 65.6 Å². The Morgan fingerprint density at radius 1 is 1.04 bits per heavy atom. The first-order valence-corrected chi connectivity index (χ1v) is 8.66. The fraction of sp³-hybridized carbons (Fsp3) is 0.200. The van der Waals surface area contributed by atoms with Crippen LogP contribution in [-0.2, 0) is 6.54 Å². The third-order valence-corrected chi connectivity index (χ3v) is 4.81. The molecule has 0 spiro atoms. The van der Waals surface area contributed by atoms with Crippen LogP contribution in [0.1, 0.15) is 17.4 Å². The summed E-state index contributed by atoms with van der Waals surface area (Å²) in [5.41, 5.74) is 1.99. The van der Waals surface area contributed by atoms with Gasteiger partial charge in [-0.3, -0.25) is 9.88 Å². The second-order valence-corrected chi connectivity index (χ2v) is 6.58. The zero-order chi connectivity index (χ0) is 17.3. The number of fused-ring (bicyclic) bond motifs is 1. The molecular formula is C20H17N5O. The Kier molecular flexibility index (Phi) is 3.68. The number of likely N-dealkylation sites (tertiary alicyclic amines) is 1. The Labute approximate surface area is 150 Å². The highest BCUT2D eigenvalue weighted by molar-refractivity contribution is 5.85. The van der Waals surface area contributed by atoms with Gasteiger partial charge in [0.1, 0.15) is 5.69 Å². The van der Waals surface area contributed by atoms with Gasteiger partial charge in [-0.1, -0.05) is 47.6 Å². The number of rotatable bonds is 4. The smallest absolute Gasteiger partial charge is 0.232 e. The fourth-order valence-corrected chi connectivity index (χ4v) is 3.45. The van der Waals surface area contributed by atoms with Crippen molar-refractivity contribution >= 4 is 10.8 Å². The molecule has 0 atom stereocenters. The van der Waals surface area contributed by atoms with Crippen molar-refractivity contribution in [3.8, 4) is 11.5 Å². The quantitative estimate of drug-likeness (QED) is 0.566. The minimum atomic E-state index is 0.280. The Balaban J connectivity index is 1.27. The Hall–Kier alpha value is -3.12. The molecule has 0 amide bonds. The maximum atomic E-state index is 5.44. The molecule has 4 aromatic rings. The molecule has 0 unspecified atom stereocenters. The van der Waals surface area contributed by atoms with E-state index in [1.165, 1.54) is 16.3 Å². The molecule has 6 heteroatoms. The van der Waals surface area contributed by atoms with Crippen LogP contribution in [0.3, 0.4) is 0 Å². The lowest BCUT2D eigenvalue weighted by Crippen LogP contribution is -2.44. The highest BCUT2D eigenvalue weighted by Gasteiger charge is 2.32. The summed E-state index contributed by atoms with van der Waals surface area (Å²) in [4.78, 5) is 15.1. The molecule has 1 fully saturated rings. The lowest BCUT2D eigenvalue weighted by atomic mass is 9.97. The average molecular weight is 343 g/mol. The monoisotopic (exact) mass is 343 g/mol. The first kappa shape index (κ1) is 15.2. The highest BCUT2D eigenvalue weighted by atomic mass is 16.5. The van der Waals surface area contributed by atoms with E-state index in [2.05, 4.69) is 67.5 Å². The first-order chi connectivity index (χ1) is 12.9. The van der Waals surface area contributed by atoms with Gasteiger partial charge in [0.2, 0.25) is 11.7 Å². The van der Waals surface area contributed by atoms with Gasteiger partial charge in [-0.05, 0) is 16.3 Å². The molecule has 0 radical (unpaired) electrons. The third kappa shape index (κ3) is 2.74. The van der Waals surface area contributed by atoms with Crippen molar-refractivity contribution in [1.29, 1.82) is 0 Å². The third-order valence-electron chi connectivity index (χ3n) is 4.81. The van der Waals surface area contributed by atoms with Crippen LogP contribution in [-0.4, -0.2) is 38.1 Å². The van der Waals surface area contributed by atoms with Gasteiger partial charge in [-0.15, -0.1) is 0 Å². The van der Waals surface area contributed by atoms with Crippen LogP contribution in [0.5, 0.6) is 0 Å². The lowest BCUT2D eigenvalue weighted by Gasteiger charge is -2.37. The topological polar surface area (TPSA) is 67.9 Å². The average Bonchev–Trinajstić information content (AvgIpc) is 3.15. The summed E-state index contributed by atoms with van der Waals surface area (Å²) in [5.74, 6) is 1.46. The molecule has 3 heterocycles. The van der Waals surface area contributed by atoms with Gasteiger partial charge in [0.15, 0.2) is 0 Å². The zero-order valence-electron chi connectivity index (χ0n) is 14.1. The van der Waals surface area contributed by atoms with Gasteiger partial charge in [0.25, 0.3) is 0 Å². The summed E-state index contributed by atoms with van der Waals surface area (Å²) in [6.45, 7) is 2.78. The molecule has 2 aromatic heterocycles. The van der Waals surface area contributed by atoms with Crippen LogP contribution in [0.2, 0.25) is 0 Å². The second kappa shape index (κ2) is 6.31. The molecule has 128 valence electrons. The summed E-state index contributed by atoms with van der Waals surface area (Å²) in [6, 6.07) is 15.0. The van der Waals surface area contributed by atoms with Crippen LogP contribution in [0, 0.1) is 0 Å². The summed E-state index contributed by atoms with van der Waals surface area (Å²) in [6.07, 6.45) is 4.89. The van der Waals surface area contributed by atoms with E-state index in [-0.39, 0.29) is 5.92 Å². The molecule has 1 aliphatic rings. The van der Waals surface area contributed by atoms with Crippen molar-refractivity contribution < 1.29 is 4.52 Å². The van der Waals surface area contributed by atoms with E-state index < -0.39 is 0 Å². The van der Waals surface area contributed by atoms with E-state index in [9.17, 15) is 0 Å². The predicted octanol–water partition coefficient (Wildman–Crippen LogP) is 3.28. The van der Waals surface area contributed by atoms with Crippen LogP contribution in [0.4, 0.5) is 0 Å². The summed E-state index contributed by atoms with van der Waals surface area (Å²) >= 11 is 0. The highest BCUT2D eigenvalue weighted by Crippen LogP contribution is 2.30. The minimum Gasteiger partial charge on any atom is -0.339 e. The zero-order valence-corrected chi connectivity index (χ0v) is 14.1. The normalized spacial score (nSPS) is 15.2. The van der Waals surface area contributed by atoms with E-state index >= 15 is 0 Å². The van der Waals surface area contributed by atoms with E-state index in [1.54, 1.807) is 18.6 Å². The molecule has 26 heavy (non-hydrogen) atoms. The first-order valence-electron chi connectivity index (χ1n) is 8.66. The van der Waals surface area contributed by atoms with Gasteiger partial charge in [0.05, 0.1) is 12.1 Å². The number of hydrogen-bond donors (Lipinski definition) is 0. The SMILES string of the molecule is c1ccc2c(CN3CC(c4nc(-c5cnccn5)no4)C3)cccc2c1. The molecule has 2 aromatic carbocycles. The van der Waals surface area contributed by atoms with Crippen LogP contribution < -0.4 is 0 Å². The Morgan fingerprint density at radius 2 is 1.92 bits per heavy atom. The molecule has 1 aliphatic heterocycles. The Morgan fingerprint density at radius 3 is 2.81 bits per heavy atom. The van der Waals surface area contributed by atoms with Gasteiger partial charge in [0, 0.05) is 32.0 Å². The molecule has 0 bridgehead atoms. The van der Waals surface area contributed by atoms with Gasteiger partial charge in [-0.2, -0.15) is 4.98 Å². The molecule has 0 N–H and O–H groups in total. The van der Waals surface area contributed by atoms with Crippen molar-refractivity contribution in [2.75, 3.05) is 13.1 Å². The Bertz CT molecular complexity index is 1030. The van der Waals surface area contributed by atoms with Gasteiger partial charge >= 0.3 is 0 Å². The number of benzene rings is 2. The molecule has 5 rings (SSSR count). The predicted molar refractivity (Wildman–Crippen MR) is 97.3 cm³/mol. The lowest BCUT2D eigenvalue weighted by molar-refractivity contribution is 0.118. The minimum absolute atomic E-state index is 0.280. The van der Waals surface area contributed by atoms with Crippen molar-refractivity contribution in [2.45, 2.75) is 12.5 Å². The van der Waals surface area contributed by atoms with Crippen LogP contribution in [0.25, 0.3) is 22.3 Å². The fourth-order valence-electron chi connectivity index (χ4n) is 3.45. The number of nitrogens with zero attached hydrogens (tertiary/aromatic N) is 5. The molecular weight excluding hydrogens is 326 g/mol.